The van der Waals surface area contributed by atoms with Crippen molar-refractivity contribution in [2.45, 2.75) is 26.4 Å². The van der Waals surface area contributed by atoms with Crippen molar-refractivity contribution >= 4 is 5.97 Å². The first-order chi connectivity index (χ1) is 7.15. The van der Waals surface area contributed by atoms with Crippen molar-refractivity contribution in [1.82, 2.24) is 4.90 Å². The van der Waals surface area contributed by atoms with Gasteiger partial charge in [0.05, 0.1) is 0 Å². The maximum absolute atomic E-state index is 10.8. The van der Waals surface area contributed by atoms with Gasteiger partial charge in [0.25, 0.3) is 0 Å². The van der Waals surface area contributed by atoms with Gasteiger partial charge >= 0.3 is 5.97 Å². The molecular weight excluding hydrogens is 190 g/mol. The zero-order valence-electron chi connectivity index (χ0n) is 9.18. The number of hydrogen-bond acceptors (Lipinski definition) is 2. The maximum atomic E-state index is 10.8. The Balaban J connectivity index is 2.66. The van der Waals surface area contributed by atoms with Crippen LogP contribution < -0.4 is 0 Å². The largest absolute Gasteiger partial charge is 0.480 e. The van der Waals surface area contributed by atoms with Gasteiger partial charge in [-0.2, -0.15) is 0 Å². The second-order valence-corrected chi connectivity index (χ2v) is 3.56. The first-order valence-corrected chi connectivity index (χ1v) is 5.16. The fraction of sp³-hybridized carbons (Fsp3) is 0.417. The zero-order chi connectivity index (χ0) is 11.3. The van der Waals surface area contributed by atoms with E-state index in [0.717, 1.165) is 12.1 Å². The Bertz CT molecular complexity index is 311. The van der Waals surface area contributed by atoms with Crippen molar-refractivity contribution in [3.8, 4) is 0 Å². The summed E-state index contributed by atoms with van der Waals surface area (Å²) >= 11 is 0. The van der Waals surface area contributed by atoms with Crippen molar-refractivity contribution in [3.63, 3.8) is 0 Å². The minimum Gasteiger partial charge on any atom is -0.480 e. The van der Waals surface area contributed by atoms with Crippen molar-refractivity contribution in [3.05, 3.63) is 35.9 Å². The van der Waals surface area contributed by atoms with Crippen molar-refractivity contribution in [1.29, 1.82) is 0 Å². The van der Waals surface area contributed by atoms with Crippen LogP contribution in [0.25, 0.3) is 0 Å². The number of carboxylic acids is 1. The Kier molecular flexibility index (Phi) is 4.31. The Morgan fingerprint density at radius 2 is 2.00 bits per heavy atom. The molecule has 1 aromatic carbocycles. The van der Waals surface area contributed by atoms with E-state index >= 15 is 0 Å². The molecule has 0 spiro atoms. The fourth-order valence-electron chi connectivity index (χ4n) is 1.50. The lowest BCUT2D eigenvalue weighted by atomic mass is 10.2. The molecular formula is C12H17NO2. The summed E-state index contributed by atoms with van der Waals surface area (Å²) in [6.45, 7) is 5.12. The first kappa shape index (κ1) is 11.7. The molecule has 82 valence electrons. The Morgan fingerprint density at radius 1 is 1.40 bits per heavy atom. The Labute approximate surface area is 90.3 Å². The smallest absolute Gasteiger partial charge is 0.320 e. The SMILES string of the molecule is CCN(Cc1ccccc1)C(C)C(=O)O. The number of carboxylic acid groups (broad SMARTS) is 1. The van der Waals surface area contributed by atoms with Gasteiger partial charge in [0.2, 0.25) is 0 Å². The number of likely N-dealkylation sites (N-methyl/N-ethyl adjacent to an activating group) is 1. The highest BCUT2D eigenvalue weighted by Gasteiger charge is 2.18. The van der Waals surface area contributed by atoms with Crippen LogP contribution in [0.15, 0.2) is 30.3 Å². The van der Waals surface area contributed by atoms with E-state index in [4.69, 9.17) is 5.11 Å². The third-order valence-corrected chi connectivity index (χ3v) is 2.54. The molecule has 1 aromatic rings. The predicted molar refractivity (Wildman–Crippen MR) is 59.6 cm³/mol. The molecule has 0 aliphatic heterocycles. The summed E-state index contributed by atoms with van der Waals surface area (Å²) in [6, 6.07) is 9.48. The lowest BCUT2D eigenvalue weighted by molar-refractivity contribution is -0.142. The van der Waals surface area contributed by atoms with E-state index in [1.807, 2.05) is 42.2 Å². The molecule has 1 N–H and O–H groups in total. The van der Waals surface area contributed by atoms with Gasteiger partial charge < -0.3 is 5.11 Å². The summed E-state index contributed by atoms with van der Waals surface area (Å²) in [5, 5.41) is 8.92. The van der Waals surface area contributed by atoms with Gasteiger partial charge in [-0.1, -0.05) is 37.3 Å². The van der Waals surface area contributed by atoms with Gasteiger partial charge in [-0.25, -0.2) is 0 Å². The van der Waals surface area contributed by atoms with Gasteiger partial charge in [0.1, 0.15) is 6.04 Å². The number of hydrogen-bond donors (Lipinski definition) is 1. The van der Waals surface area contributed by atoms with Gasteiger partial charge in [0, 0.05) is 6.54 Å². The standard InChI is InChI=1S/C12H17NO2/c1-3-13(10(2)12(14)15)9-11-7-5-4-6-8-11/h4-8,10H,3,9H2,1-2H3,(H,14,15). The molecule has 0 saturated heterocycles. The lowest BCUT2D eigenvalue weighted by Gasteiger charge is -2.24. The van der Waals surface area contributed by atoms with Gasteiger partial charge in [-0.15, -0.1) is 0 Å². The highest BCUT2D eigenvalue weighted by Crippen LogP contribution is 2.07. The molecule has 0 radical (unpaired) electrons. The van der Waals surface area contributed by atoms with Crippen LogP contribution in [0.4, 0.5) is 0 Å². The van der Waals surface area contributed by atoms with Crippen molar-refractivity contribution < 1.29 is 9.90 Å². The number of rotatable bonds is 5. The molecule has 1 unspecified atom stereocenters. The first-order valence-electron chi connectivity index (χ1n) is 5.16. The molecule has 0 amide bonds. The average molecular weight is 207 g/mol. The third-order valence-electron chi connectivity index (χ3n) is 2.54. The van der Waals surface area contributed by atoms with E-state index < -0.39 is 12.0 Å². The molecule has 3 nitrogen and oxygen atoms in total. The van der Waals surface area contributed by atoms with E-state index in [1.165, 1.54) is 0 Å². The zero-order valence-corrected chi connectivity index (χ0v) is 9.18. The quantitative estimate of drug-likeness (QED) is 0.802. The maximum Gasteiger partial charge on any atom is 0.320 e. The van der Waals surface area contributed by atoms with Crippen LogP contribution in [0.5, 0.6) is 0 Å². The van der Waals surface area contributed by atoms with E-state index in [1.54, 1.807) is 6.92 Å². The van der Waals surface area contributed by atoms with Crippen LogP contribution in [0.2, 0.25) is 0 Å². The molecule has 1 atom stereocenters. The van der Waals surface area contributed by atoms with Crippen LogP contribution in [0.3, 0.4) is 0 Å². The topological polar surface area (TPSA) is 40.5 Å². The highest BCUT2D eigenvalue weighted by atomic mass is 16.4. The summed E-state index contributed by atoms with van der Waals surface area (Å²) in [7, 11) is 0. The van der Waals surface area contributed by atoms with Gasteiger partial charge in [-0.05, 0) is 19.0 Å². The lowest BCUT2D eigenvalue weighted by Crippen LogP contribution is -2.38. The van der Waals surface area contributed by atoms with Crippen LogP contribution in [-0.4, -0.2) is 28.6 Å². The molecule has 15 heavy (non-hydrogen) atoms. The third kappa shape index (κ3) is 3.36. The monoisotopic (exact) mass is 207 g/mol. The molecule has 0 aliphatic rings. The summed E-state index contributed by atoms with van der Waals surface area (Å²) in [6.07, 6.45) is 0. The van der Waals surface area contributed by atoms with Crippen molar-refractivity contribution in [2.24, 2.45) is 0 Å². The molecule has 1 rings (SSSR count). The number of carbonyl (C=O) groups is 1. The van der Waals surface area contributed by atoms with E-state index in [-0.39, 0.29) is 0 Å². The van der Waals surface area contributed by atoms with Gasteiger partial charge in [-0.3, -0.25) is 9.69 Å². The van der Waals surface area contributed by atoms with E-state index in [9.17, 15) is 4.79 Å². The van der Waals surface area contributed by atoms with Crippen molar-refractivity contribution in [2.75, 3.05) is 6.54 Å². The highest BCUT2D eigenvalue weighted by molar-refractivity contribution is 5.72. The molecule has 0 saturated carbocycles. The van der Waals surface area contributed by atoms with Crippen LogP contribution in [-0.2, 0) is 11.3 Å². The second-order valence-electron chi connectivity index (χ2n) is 3.56. The van der Waals surface area contributed by atoms with Gasteiger partial charge in [0.15, 0.2) is 0 Å². The van der Waals surface area contributed by atoms with Crippen LogP contribution >= 0.6 is 0 Å². The molecule has 0 fully saturated rings. The summed E-state index contributed by atoms with van der Waals surface area (Å²) in [5.74, 6) is -0.771. The minimum absolute atomic E-state index is 0.435. The molecule has 0 bridgehead atoms. The summed E-state index contributed by atoms with van der Waals surface area (Å²) in [4.78, 5) is 12.8. The molecule has 3 heteroatoms. The Morgan fingerprint density at radius 3 is 2.47 bits per heavy atom. The molecule has 0 aliphatic carbocycles. The van der Waals surface area contributed by atoms with Crippen LogP contribution in [0.1, 0.15) is 19.4 Å². The molecule has 0 aromatic heterocycles. The summed E-state index contributed by atoms with van der Waals surface area (Å²) < 4.78 is 0. The van der Waals surface area contributed by atoms with E-state index in [0.29, 0.717) is 6.54 Å². The Hall–Kier alpha value is -1.35. The second kappa shape index (κ2) is 5.51. The predicted octanol–water partition coefficient (Wildman–Crippen LogP) is 1.98. The minimum atomic E-state index is -0.771. The molecule has 0 heterocycles. The van der Waals surface area contributed by atoms with E-state index in [2.05, 4.69) is 0 Å². The average Bonchev–Trinajstić information content (AvgIpc) is 2.26. The number of benzene rings is 1. The van der Waals surface area contributed by atoms with Crippen LogP contribution in [0, 0.1) is 0 Å². The number of aliphatic carboxylic acids is 1. The summed E-state index contributed by atoms with van der Waals surface area (Å²) in [5.41, 5.74) is 1.15. The fourth-order valence-corrected chi connectivity index (χ4v) is 1.50. The normalized spacial score (nSPS) is 12.7. The number of nitrogens with zero attached hydrogens (tertiary/aromatic N) is 1.